The minimum Gasteiger partial charge on any atom is -0.507 e. The number of para-hydroxylation sites is 3. The summed E-state index contributed by atoms with van der Waals surface area (Å²) in [5.74, 6) is -0.438. The Bertz CT molecular complexity index is 731. The molecule has 3 N–H and O–H groups in total. The van der Waals surface area contributed by atoms with Gasteiger partial charge in [0.05, 0.1) is 10.5 Å². The molecule has 0 radical (unpaired) electrons. The molecule has 0 unspecified atom stereocenters. The van der Waals surface area contributed by atoms with Gasteiger partial charge in [-0.15, -0.1) is 0 Å². The molecule has 2 rings (SSSR count). The van der Waals surface area contributed by atoms with E-state index in [0.29, 0.717) is 17.8 Å². The van der Waals surface area contributed by atoms with Crippen LogP contribution < -0.4 is 10.6 Å². The van der Waals surface area contributed by atoms with Crippen LogP contribution in [0.2, 0.25) is 0 Å². The molecule has 7 heteroatoms. The van der Waals surface area contributed by atoms with Crippen LogP contribution in [0.3, 0.4) is 0 Å². The monoisotopic (exact) mass is 315 g/mol. The molecule has 0 heterocycles. The highest BCUT2D eigenvalue weighted by Gasteiger charge is 2.13. The van der Waals surface area contributed by atoms with Crippen LogP contribution in [0.5, 0.6) is 5.75 Å². The Morgan fingerprint density at radius 2 is 1.91 bits per heavy atom. The molecule has 0 fully saturated rings. The number of benzene rings is 2. The molecule has 0 aliphatic rings. The van der Waals surface area contributed by atoms with Gasteiger partial charge in [0.1, 0.15) is 11.4 Å². The molecule has 0 atom stereocenters. The summed E-state index contributed by atoms with van der Waals surface area (Å²) in [7, 11) is 0. The van der Waals surface area contributed by atoms with Crippen molar-refractivity contribution in [2.45, 2.75) is 6.92 Å². The number of carbonyl (C=O) groups is 1. The Balaban J connectivity index is 1.90. The Hall–Kier alpha value is -3.09. The van der Waals surface area contributed by atoms with Crippen LogP contribution >= 0.6 is 0 Å². The molecule has 0 saturated carbocycles. The first-order valence-electron chi connectivity index (χ1n) is 7.04. The van der Waals surface area contributed by atoms with Crippen molar-refractivity contribution in [2.24, 2.45) is 0 Å². The second kappa shape index (κ2) is 7.26. The van der Waals surface area contributed by atoms with Crippen molar-refractivity contribution in [3.05, 3.63) is 63.7 Å². The third kappa shape index (κ3) is 3.97. The highest BCUT2D eigenvalue weighted by atomic mass is 16.6. The van der Waals surface area contributed by atoms with Crippen molar-refractivity contribution in [3.63, 3.8) is 0 Å². The first-order chi connectivity index (χ1) is 11.0. The van der Waals surface area contributed by atoms with E-state index in [1.165, 1.54) is 12.1 Å². The lowest BCUT2D eigenvalue weighted by atomic mass is 10.1. The Morgan fingerprint density at radius 1 is 1.17 bits per heavy atom. The molecule has 0 spiro atoms. The number of nitro benzene ring substituents is 1. The summed E-state index contributed by atoms with van der Waals surface area (Å²) >= 11 is 0. The fourth-order valence-corrected chi connectivity index (χ4v) is 2.09. The second-order valence-corrected chi connectivity index (χ2v) is 4.93. The normalized spacial score (nSPS) is 10.1. The lowest BCUT2D eigenvalue weighted by Gasteiger charge is -2.10. The number of phenolic OH excluding ortho intramolecular Hbond substituents is 1. The van der Waals surface area contributed by atoms with Gasteiger partial charge in [-0.1, -0.05) is 24.3 Å². The van der Waals surface area contributed by atoms with Gasteiger partial charge in [0.15, 0.2) is 0 Å². The highest BCUT2D eigenvalue weighted by Crippen LogP contribution is 2.23. The smallest absolute Gasteiger partial charge is 0.292 e. The third-order valence-electron chi connectivity index (χ3n) is 3.31. The van der Waals surface area contributed by atoms with Crippen molar-refractivity contribution < 1.29 is 14.8 Å². The molecule has 0 aromatic heterocycles. The lowest BCUT2D eigenvalue weighted by Crippen LogP contribution is -2.29. The lowest BCUT2D eigenvalue weighted by molar-refractivity contribution is -0.384. The van der Waals surface area contributed by atoms with E-state index in [2.05, 4.69) is 10.6 Å². The van der Waals surface area contributed by atoms with Gasteiger partial charge >= 0.3 is 0 Å². The summed E-state index contributed by atoms with van der Waals surface area (Å²) in [5, 5.41) is 26.3. The predicted octanol–water partition coefficient (Wildman–Crippen LogP) is 2.45. The maximum atomic E-state index is 12.0. The molecule has 2 aromatic rings. The molecule has 0 aliphatic heterocycles. The number of phenols is 1. The Morgan fingerprint density at radius 3 is 2.65 bits per heavy atom. The molecule has 1 amide bonds. The predicted molar refractivity (Wildman–Crippen MR) is 86.8 cm³/mol. The molecule has 120 valence electrons. The summed E-state index contributed by atoms with van der Waals surface area (Å²) in [4.78, 5) is 22.4. The number of amides is 1. The van der Waals surface area contributed by atoms with E-state index >= 15 is 0 Å². The number of nitrogens with one attached hydrogen (secondary N) is 2. The standard InChI is InChI=1S/C16H17N3O4/c1-11-5-4-6-12(15(11)20)16(21)18-10-9-17-13-7-2-3-8-14(13)19(22)23/h2-8,17,20H,9-10H2,1H3,(H,18,21). The molecule has 0 bridgehead atoms. The fourth-order valence-electron chi connectivity index (χ4n) is 2.09. The number of aromatic hydroxyl groups is 1. The van der Waals surface area contributed by atoms with E-state index in [1.807, 2.05) is 0 Å². The highest BCUT2D eigenvalue weighted by molar-refractivity contribution is 5.97. The number of rotatable bonds is 6. The van der Waals surface area contributed by atoms with E-state index in [-0.39, 0.29) is 23.5 Å². The van der Waals surface area contributed by atoms with Crippen LogP contribution in [0, 0.1) is 17.0 Å². The molecule has 23 heavy (non-hydrogen) atoms. The number of carbonyl (C=O) groups excluding carboxylic acids is 1. The first kappa shape index (κ1) is 16.3. The van der Waals surface area contributed by atoms with Crippen LogP contribution in [0.4, 0.5) is 11.4 Å². The van der Waals surface area contributed by atoms with Crippen molar-refractivity contribution in [1.82, 2.24) is 5.32 Å². The molecule has 0 aliphatic carbocycles. The van der Waals surface area contributed by atoms with Gasteiger partial charge in [-0.2, -0.15) is 0 Å². The number of nitro groups is 1. The summed E-state index contributed by atoms with van der Waals surface area (Å²) in [6, 6.07) is 11.2. The van der Waals surface area contributed by atoms with Crippen LogP contribution in [0.25, 0.3) is 0 Å². The third-order valence-corrected chi connectivity index (χ3v) is 3.31. The van der Waals surface area contributed by atoms with Crippen molar-refractivity contribution in [2.75, 3.05) is 18.4 Å². The van der Waals surface area contributed by atoms with Gasteiger partial charge in [-0.25, -0.2) is 0 Å². The number of aryl methyl sites for hydroxylation is 1. The van der Waals surface area contributed by atoms with E-state index < -0.39 is 10.8 Å². The van der Waals surface area contributed by atoms with Gasteiger partial charge in [0.25, 0.3) is 11.6 Å². The first-order valence-corrected chi connectivity index (χ1v) is 7.04. The van der Waals surface area contributed by atoms with Crippen molar-refractivity contribution >= 4 is 17.3 Å². The average Bonchev–Trinajstić information content (AvgIpc) is 2.54. The van der Waals surface area contributed by atoms with Gasteiger partial charge in [0, 0.05) is 19.2 Å². The maximum Gasteiger partial charge on any atom is 0.292 e. The summed E-state index contributed by atoms with van der Waals surface area (Å²) in [6.45, 7) is 2.30. The molecular weight excluding hydrogens is 298 g/mol. The zero-order valence-corrected chi connectivity index (χ0v) is 12.6. The Kier molecular flexibility index (Phi) is 5.14. The van der Waals surface area contributed by atoms with Gasteiger partial charge in [-0.3, -0.25) is 14.9 Å². The van der Waals surface area contributed by atoms with Crippen LogP contribution in [0.15, 0.2) is 42.5 Å². The number of anilines is 1. The van der Waals surface area contributed by atoms with E-state index in [9.17, 15) is 20.0 Å². The van der Waals surface area contributed by atoms with Gasteiger partial charge in [-0.05, 0) is 24.6 Å². The van der Waals surface area contributed by atoms with Crippen molar-refractivity contribution in [3.8, 4) is 5.75 Å². The van der Waals surface area contributed by atoms with Crippen LogP contribution in [-0.4, -0.2) is 29.0 Å². The SMILES string of the molecule is Cc1cccc(C(=O)NCCNc2ccccc2[N+](=O)[O-])c1O. The molecule has 2 aromatic carbocycles. The number of hydrogen-bond donors (Lipinski definition) is 3. The molecule has 0 saturated heterocycles. The number of nitrogens with zero attached hydrogens (tertiary/aromatic N) is 1. The Labute approximate surface area is 133 Å². The molecule has 7 nitrogen and oxygen atoms in total. The van der Waals surface area contributed by atoms with Gasteiger partial charge < -0.3 is 15.7 Å². The van der Waals surface area contributed by atoms with E-state index in [4.69, 9.17) is 0 Å². The maximum absolute atomic E-state index is 12.0. The molecular formula is C16H17N3O4. The van der Waals surface area contributed by atoms with Crippen LogP contribution in [-0.2, 0) is 0 Å². The second-order valence-electron chi connectivity index (χ2n) is 4.93. The quantitative estimate of drug-likeness (QED) is 0.431. The van der Waals surface area contributed by atoms with Gasteiger partial charge in [0.2, 0.25) is 0 Å². The topological polar surface area (TPSA) is 104 Å². The zero-order valence-electron chi connectivity index (χ0n) is 12.6. The minimum atomic E-state index is -0.467. The average molecular weight is 315 g/mol. The summed E-state index contributed by atoms with van der Waals surface area (Å²) in [6.07, 6.45) is 0. The number of hydrogen-bond acceptors (Lipinski definition) is 5. The zero-order chi connectivity index (χ0) is 16.8. The fraction of sp³-hybridized carbons (Fsp3) is 0.188. The van der Waals surface area contributed by atoms with E-state index in [1.54, 1.807) is 37.3 Å². The largest absolute Gasteiger partial charge is 0.507 e. The summed E-state index contributed by atoms with van der Waals surface area (Å²) < 4.78 is 0. The van der Waals surface area contributed by atoms with Crippen molar-refractivity contribution in [1.29, 1.82) is 0 Å². The minimum absolute atomic E-state index is 0.0184. The summed E-state index contributed by atoms with van der Waals surface area (Å²) in [5.41, 5.74) is 1.20. The van der Waals surface area contributed by atoms with Crippen LogP contribution in [0.1, 0.15) is 15.9 Å². The van der Waals surface area contributed by atoms with E-state index in [0.717, 1.165) is 0 Å².